The van der Waals surface area contributed by atoms with E-state index in [2.05, 4.69) is 4.98 Å². The second kappa shape index (κ2) is 5.29. The smallest absolute Gasteiger partial charge is 0.167 e. The van der Waals surface area contributed by atoms with Crippen molar-refractivity contribution >= 4 is 11.8 Å². The summed E-state index contributed by atoms with van der Waals surface area (Å²) in [5.41, 5.74) is 0. The molecule has 1 rings (SSSR count). The van der Waals surface area contributed by atoms with Crippen molar-refractivity contribution in [3.05, 3.63) is 12.4 Å². The first-order valence-corrected chi connectivity index (χ1v) is 5.40. The molecule has 0 aliphatic heterocycles. The van der Waals surface area contributed by atoms with E-state index in [0.717, 1.165) is 17.5 Å². The number of hydrogen-bond donors (Lipinski definition) is 0. The van der Waals surface area contributed by atoms with Crippen molar-refractivity contribution in [1.82, 2.24) is 9.55 Å². The Labute approximate surface area is 83.5 Å². The van der Waals surface area contributed by atoms with Crippen molar-refractivity contribution in [3.63, 3.8) is 0 Å². The molecule has 0 spiro atoms. The largest absolute Gasteiger partial charge is 0.378 e. The predicted molar refractivity (Wildman–Crippen MR) is 55.0 cm³/mol. The summed E-state index contributed by atoms with van der Waals surface area (Å²) < 4.78 is 7.44. The van der Waals surface area contributed by atoms with Gasteiger partial charge in [-0.05, 0) is 13.8 Å². The molecule has 0 fully saturated rings. The molecule has 0 aliphatic rings. The summed E-state index contributed by atoms with van der Waals surface area (Å²) in [5, 5.41) is 1.05. The molecule has 0 saturated carbocycles. The van der Waals surface area contributed by atoms with E-state index in [0.29, 0.717) is 6.10 Å². The molecule has 3 nitrogen and oxygen atoms in total. The highest BCUT2D eigenvalue weighted by atomic mass is 32.2. The van der Waals surface area contributed by atoms with Gasteiger partial charge in [-0.2, -0.15) is 0 Å². The van der Waals surface area contributed by atoms with E-state index in [1.165, 1.54) is 0 Å². The molecule has 0 unspecified atom stereocenters. The van der Waals surface area contributed by atoms with Gasteiger partial charge in [-0.15, -0.1) is 0 Å². The van der Waals surface area contributed by atoms with Crippen LogP contribution in [0, 0.1) is 0 Å². The third-order valence-corrected chi connectivity index (χ3v) is 2.57. The molecule has 0 saturated heterocycles. The molecule has 0 amide bonds. The van der Waals surface area contributed by atoms with Gasteiger partial charge in [0, 0.05) is 25.2 Å². The van der Waals surface area contributed by atoms with Gasteiger partial charge < -0.3 is 9.30 Å². The fraction of sp³-hybridized carbons (Fsp3) is 0.667. The number of thioether (sulfide) groups is 1. The van der Waals surface area contributed by atoms with Gasteiger partial charge in [0.05, 0.1) is 12.7 Å². The van der Waals surface area contributed by atoms with Gasteiger partial charge in [0.25, 0.3) is 0 Å². The molecular formula is C9H16N2OS. The molecule has 13 heavy (non-hydrogen) atoms. The fourth-order valence-corrected chi connectivity index (χ4v) is 1.67. The van der Waals surface area contributed by atoms with Crippen molar-refractivity contribution in [3.8, 4) is 0 Å². The van der Waals surface area contributed by atoms with Crippen LogP contribution in [0.2, 0.25) is 0 Å². The van der Waals surface area contributed by atoms with Crippen LogP contribution in [0.1, 0.15) is 13.8 Å². The normalized spacial score (nSPS) is 11.1. The molecule has 0 N–H and O–H groups in total. The minimum atomic E-state index is 0.321. The Balaban J connectivity index is 2.17. The van der Waals surface area contributed by atoms with Gasteiger partial charge in [-0.25, -0.2) is 4.98 Å². The monoisotopic (exact) mass is 200 g/mol. The summed E-state index contributed by atoms with van der Waals surface area (Å²) >= 11 is 1.72. The highest BCUT2D eigenvalue weighted by Gasteiger charge is 1.99. The predicted octanol–water partition coefficient (Wildman–Crippen LogP) is 1.94. The van der Waals surface area contributed by atoms with Crippen molar-refractivity contribution in [2.45, 2.75) is 25.1 Å². The topological polar surface area (TPSA) is 27.1 Å². The lowest BCUT2D eigenvalue weighted by atomic mass is 10.5. The minimum Gasteiger partial charge on any atom is -0.378 e. The Morgan fingerprint density at radius 2 is 2.38 bits per heavy atom. The molecule has 1 aromatic rings. The van der Waals surface area contributed by atoms with Gasteiger partial charge in [0.2, 0.25) is 0 Å². The quantitative estimate of drug-likeness (QED) is 0.537. The van der Waals surface area contributed by atoms with E-state index in [1.807, 2.05) is 37.9 Å². The first kappa shape index (κ1) is 10.6. The van der Waals surface area contributed by atoms with E-state index >= 15 is 0 Å². The van der Waals surface area contributed by atoms with Crippen LogP contribution in [-0.2, 0) is 11.8 Å². The first-order chi connectivity index (χ1) is 6.20. The maximum Gasteiger partial charge on any atom is 0.167 e. The minimum absolute atomic E-state index is 0.321. The number of imidazole rings is 1. The summed E-state index contributed by atoms with van der Waals surface area (Å²) in [6.45, 7) is 4.88. The third kappa shape index (κ3) is 3.83. The molecule has 0 radical (unpaired) electrons. The van der Waals surface area contributed by atoms with Crippen molar-refractivity contribution in [2.75, 3.05) is 12.4 Å². The Bertz CT molecular complexity index is 248. The molecule has 1 aromatic heterocycles. The van der Waals surface area contributed by atoms with E-state index in [1.54, 1.807) is 11.8 Å². The highest BCUT2D eigenvalue weighted by Crippen LogP contribution is 2.13. The van der Waals surface area contributed by atoms with Crippen molar-refractivity contribution in [2.24, 2.45) is 7.05 Å². The molecule has 0 aliphatic carbocycles. The Morgan fingerprint density at radius 3 is 2.92 bits per heavy atom. The maximum atomic E-state index is 5.42. The second-order valence-electron chi connectivity index (χ2n) is 3.09. The van der Waals surface area contributed by atoms with Gasteiger partial charge in [0.15, 0.2) is 5.16 Å². The van der Waals surface area contributed by atoms with Gasteiger partial charge >= 0.3 is 0 Å². The lowest BCUT2D eigenvalue weighted by Crippen LogP contribution is -2.05. The Hall–Kier alpha value is -0.480. The number of nitrogens with zero attached hydrogens (tertiary/aromatic N) is 2. The van der Waals surface area contributed by atoms with Crippen LogP contribution in [0.3, 0.4) is 0 Å². The van der Waals surface area contributed by atoms with Gasteiger partial charge in [-0.3, -0.25) is 0 Å². The zero-order valence-electron chi connectivity index (χ0n) is 8.36. The number of hydrogen-bond acceptors (Lipinski definition) is 3. The summed E-state index contributed by atoms with van der Waals surface area (Å²) in [6.07, 6.45) is 4.08. The number of ether oxygens (including phenoxy) is 1. The zero-order chi connectivity index (χ0) is 9.68. The fourth-order valence-electron chi connectivity index (χ4n) is 0.908. The van der Waals surface area contributed by atoms with Gasteiger partial charge in [0.1, 0.15) is 0 Å². The number of aryl methyl sites for hydroxylation is 1. The van der Waals surface area contributed by atoms with Crippen LogP contribution in [-0.4, -0.2) is 28.0 Å². The average Bonchev–Trinajstić information content (AvgIpc) is 2.45. The third-order valence-electron chi connectivity index (χ3n) is 1.54. The molecule has 0 bridgehead atoms. The van der Waals surface area contributed by atoms with Crippen LogP contribution >= 0.6 is 11.8 Å². The summed E-state index contributed by atoms with van der Waals surface area (Å²) in [6, 6.07) is 0. The summed E-state index contributed by atoms with van der Waals surface area (Å²) in [5.74, 6) is 0.961. The highest BCUT2D eigenvalue weighted by molar-refractivity contribution is 7.99. The standard InChI is InChI=1S/C9H16N2OS/c1-8(2)12-6-7-13-9-10-4-5-11(9)3/h4-5,8H,6-7H2,1-3H3. The Kier molecular flexibility index (Phi) is 4.32. The maximum absolute atomic E-state index is 5.42. The molecule has 4 heteroatoms. The molecule has 74 valence electrons. The van der Waals surface area contributed by atoms with Crippen LogP contribution in [0.25, 0.3) is 0 Å². The van der Waals surface area contributed by atoms with E-state index < -0.39 is 0 Å². The lowest BCUT2D eigenvalue weighted by Gasteiger charge is -2.06. The molecular weight excluding hydrogens is 184 g/mol. The second-order valence-corrected chi connectivity index (χ2v) is 4.15. The zero-order valence-corrected chi connectivity index (χ0v) is 9.17. The Morgan fingerprint density at radius 1 is 1.62 bits per heavy atom. The van der Waals surface area contributed by atoms with Crippen LogP contribution in [0.15, 0.2) is 17.6 Å². The molecule has 1 heterocycles. The van der Waals surface area contributed by atoms with Crippen LogP contribution < -0.4 is 0 Å². The van der Waals surface area contributed by atoms with Crippen molar-refractivity contribution < 1.29 is 4.74 Å². The van der Waals surface area contributed by atoms with E-state index in [9.17, 15) is 0 Å². The van der Waals surface area contributed by atoms with E-state index in [4.69, 9.17) is 4.74 Å². The SMILES string of the molecule is CC(C)OCCSc1nccn1C. The van der Waals surface area contributed by atoms with E-state index in [-0.39, 0.29) is 0 Å². The first-order valence-electron chi connectivity index (χ1n) is 4.42. The van der Waals surface area contributed by atoms with Crippen molar-refractivity contribution in [1.29, 1.82) is 0 Å². The average molecular weight is 200 g/mol. The van der Waals surface area contributed by atoms with Gasteiger partial charge in [-0.1, -0.05) is 11.8 Å². The van der Waals surface area contributed by atoms with Crippen LogP contribution in [0.4, 0.5) is 0 Å². The number of rotatable bonds is 5. The van der Waals surface area contributed by atoms with Crippen LogP contribution in [0.5, 0.6) is 0 Å². The molecule has 0 aromatic carbocycles. The summed E-state index contributed by atoms with van der Waals surface area (Å²) in [7, 11) is 2.00. The number of aromatic nitrogens is 2. The lowest BCUT2D eigenvalue weighted by molar-refractivity contribution is 0.0920. The molecule has 0 atom stereocenters. The summed E-state index contributed by atoms with van der Waals surface area (Å²) in [4.78, 5) is 4.20.